The zero-order valence-corrected chi connectivity index (χ0v) is 16.2. The number of aliphatic hydroxyl groups is 1. The molecule has 2 heterocycles. The van der Waals surface area contributed by atoms with Gasteiger partial charge in [-0.1, -0.05) is 48.5 Å². The molecule has 3 aromatic rings. The number of para-hydroxylation sites is 1. The normalized spacial score (nSPS) is 16.4. The molecule has 4 nitrogen and oxygen atoms in total. The van der Waals surface area contributed by atoms with Crippen LogP contribution in [-0.2, 0) is 6.42 Å². The van der Waals surface area contributed by atoms with Crippen molar-refractivity contribution in [1.82, 2.24) is 9.88 Å². The monoisotopic (exact) mass is 376 g/mol. The van der Waals surface area contributed by atoms with Gasteiger partial charge in [0.15, 0.2) is 0 Å². The van der Waals surface area contributed by atoms with Crippen LogP contribution in [0.4, 0.5) is 0 Å². The van der Waals surface area contributed by atoms with Crippen molar-refractivity contribution in [1.29, 1.82) is 0 Å². The van der Waals surface area contributed by atoms with E-state index in [1.807, 2.05) is 41.3 Å². The minimum atomic E-state index is -0.0496. The number of aromatic amines is 1. The molecule has 0 atom stereocenters. The first-order chi connectivity index (χ1) is 13.7. The first-order valence-electron chi connectivity index (χ1n) is 10.2. The number of amides is 1. The van der Waals surface area contributed by atoms with Crippen molar-refractivity contribution < 1.29 is 9.90 Å². The second-order valence-corrected chi connectivity index (χ2v) is 8.06. The quantitative estimate of drug-likeness (QED) is 0.670. The van der Waals surface area contributed by atoms with E-state index < -0.39 is 0 Å². The van der Waals surface area contributed by atoms with E-state index >= 15 is 0 Å². The number of hydrogen-bond acceptors (Lipinski definition) is 2. The topological polar surface area (TPSA) is 56.3 Å². The molecule has 2 aromatic carbocycles. The Morgan fingerprint density at radius 3 is 2.46 bits per heavy atom. The van der Waals surface area contributed by atoms with Gasteiger partial charge < -0.3 is 15.0 Å². The Labute approximate surface area is 166 Å². The summed E-state index contributed by atoms with van der Waals surface area (Å²) in [4.78, 5) is 18.1. The summed E-state index contributed by atoms with van der Waals surface area (Å²) in [7, 11) is 0. The molecule has 0 radical (unpaired) electrons. The van der Waals surface area contributed by atoms with Crippen molar-refractivity contribution in [2.45, 2.75) is 32.1 Å². The molecule has 1 aromatic heterocycles. The number of H-pyrrole nitrogens is 1. The van der Waals surface area contributed by atoms with E-state index in [0.29, 0.717) is 18.8 Å². The highest BCUT2D eigenvalue weighted by atomic mass is 16.3. The third-order valence-corrected chi connectivity index (χ3v) is 6.22. The van der Waals surface area contributed by atoms with Crippen LogP contribution in [0.25, 0.3) is 10.9 Å². The summed E-state index contributed by atoms with van der Waals surface area (Å²) >= 11 is 0. The molecule has 1 saturated heterocycles. The number of nitrogens with zero attached hydrogens (tertiary/aromatic N) is 1. The number of hydrogen-bond donors (Lipinski definition) is 2. The first-order valence-corrected chi connectivity index (χ1v) is 10.2. The highest BCUT2D eigenvalue weighted by Crippen LogP contribution is 2.36. The number of carbonyl (C=O) groups is 1. The molecule has 0 unspecified atom stereocenters. The lowest BCUT2D eigenvalue weighted by atomic mass is 9.75. The van der Waals surface area contributed by atoms with E-state index in [1.165, 1.54) is 5.56 Å². The number of aryl methyl sites for hydroxylation is 1. The molecule has 0 saturated carbocycles. The lowest BCUT2D eigenvalue weighted by Gasteiger charge is -2.40. The first kappa shape index (κ1) is 18.8. The lowest BCUT2D eigenvalue weighted by molar-refractivity contribution is 0.0301. The van der Waals surface area contributed by atoms with Crippen LogP contribution in [0.5, 0.6) is 0 Å². The number of fused-ring (bicyclic) bond motifs is 1. The zero-order valence-electron chi connectivity index (χ0n) is 16.2. The van der Waals surface area contributed by atoms with Crippen molar-refractivity contribution in [3.63, 3.8) is 0 Å². The maximum Gasteiger partial charge on any atom is 0.270 e. The standard InChI is InChI=1S/C24H28N2O2/c27-18-24(12-6-9-19-7-2-1-3-8-19)13-15-26(16-14-24)23(28)22-17-20-10-4-5-11-21(20)25-22/h1-5,7-8,10-11,17,25,27H,6,9,12-16,18H2. The summed E-state index contributed by atoms with van der Waals surface area (Å²) in [6.07, 6.45) is 4.85. The number of aromatic nitrogens is 1. The van der Waals surface area contributed by atoms with Gasteiger partial charge in [-0.25, -0.2) is 0 Å². The summed E-state index contributed by atoms with van der Waals surface area (Å²) < 4.78 is 0. The molecule has 2 N–H and O–H groups in total. The van der Waals surface area contributed by atoms with Crippen LogP contribution in [0.1, 0.15) is 41.7 Å². The van der Waals surface area contributed by atoms with Crippen molar-refractivity contribution in [2.24, 2.45) is 5.41 Å². The number of piperidine rings is 1. The lowest BCUT2D eigenvalue weighted by Crippen LogP contribution is -2.44. The summed E-state index contributed by atoms with van der Waals surface area (Å²) in [6.45, 7) is 1.62. The molecule has 0 aliphatic carbocycles. The predicted octanol–water partition coefficient (Wildman–Crippen LogP) is 4.41. The zero-order chi connectivity index (χ0) is 19.4. The number of carbonyl (C=O) groups excluding carboxylic acids is 1. The maximum absolute atomic E-state index is 12.9. The molecule has 1 aliphatic rings. The van der Waals surface area contributed by atoms with Gasteiger partial charge >= 0.3 is 0 Å². The fourth-order valence-corrected chi connectivity index (χ4v) is 4.34. The van der Waals surface area contributed by atoms with Crippen molar-refractivity contribution in [3.8, 4) is 0 Å². The number of likely N-dealkylation sites (tertiary alicyclic amines) is 1. The van der Waals surface area contributed by atoms with Gasteiger partial charge in [0.25, 0.3) is 5.91 Å². The number of nitrogens with one attached hydrogen (secondary N) is 1. The molecule has 4 heteroatoms. The van der Waals surface area contributed by atoms with E-state index in [0.717, 1.165) is 43.0 Å². The van der Waals surface area contributed by atoms with Gasteiger partial charge in [-0.15, -0.1) is 0 Å². The van der Waals surface area contributed by atoms with Crippen molar-refractivity contribution >= 4 is 16.8 Å². The Hall–Kier alpha value is -2.59. The van der Waals surface area contributed by atoms with Crippen LogP contribution in [-0.4, -0.2) is 40.6 Å². The second kappa shape index (κ2) is 8.19. The molecule has 4 rings (SSSR count). The summed E-state index contributed by atoms with van der Waals surface area (Å²) in [5.74, 6) is 0.0621. The fourth-order valence-electron chi connectivity index (χ4n) is 4.34. The number of benzene rings is 2. The maximum atomic E-state index is 12.9. The average molecular weight is 377 g/mol. The smallest absolute Gasteiger partial charge is 0.270 e. The number of rotatable bonds is 6. The van der Waals surface area contributed by atoms with Crippen LogP contribution >= 0.6 is 0 Å². The van der Waals surface area contributed by atoms with E-state index in [1.54, 1.807) is 0 Å². The Morgan fingerprint density at radius 1 is 1.04 bits per heavy atom. The average Bonchev–Trinajstić information content (AvgIpc) is 3.19. The van der Waals surface area contributed by atoms with Gasteiger partial charge in [0.05, 0.1) is 0 Å². The van der Waals surface area contributed by atoms with Crippen molar-refractivity contribution in [2.75, 3.05) is 19.7 Å². The Balaban J connectivity index is 1.34. The third kappa shape index (κ3) is 3.97. The minimum absolute atomic E-state index is 0.0496. The Bertz CT molecular complexity index is 891. The molecule has 0 bridgehead atoms. The molecular formula is C24H28N2O2. The van der Waals surface area contributed by atoms with Gasteiger partial charge in [-0.2, -0.15) is 0 Å². The van der Waals surface area contributed by atoms with Crippen LogP contribution in [0.15, 0.2) is 60.7 Å². The van der Waals surface area contributed by atoms with Gasteiger partial charge in [-0.3, -0.25) is 4.79 Å². The SMILES string of the molecule is O=C(c1cc2ccccc2[nH]1)N1CCC(CO)(CCCc2ccccc2)CC1. The Kier molecular flexibility index (Phi) is 5.49. The highest BCUT2D eigenvalue weighted by Gasteiger charge is 2.35. The van der Waals surface area contributed by atoms with Crippen LogP contribution in [0.3, 0.4) is 0 Å². The molecular weight excluding hydrogens is 348 g/mol. The molecule has 146 valence electrons. The van der Waals surface area contributed by atoms with E-state index in [9.17, 15) is 9.90 Å². The van der Waals surface area contributed by atoms with Crippen LogP contribution in [0.2, 0.25) is 0 Å². The van der Waals surface area contributed by atoms with Gasteiger partial charge in [0.2, 0.25) is 0 Å². The van der Waals surface area contributed by atoms with Gasteiger partial charge in [-0.05, 0) is 55.2 Å². The second-order valence-electron chi connectivity index (χ2n) is 8.06. The minimum Gasteiger partial charge on any atom is -0.396 e. The Morgan fingerprint density at radius 2 is 1.75 bits per heavy atom. The van der Waals surface area contributed by atoms with Gasteiger partial charge in [0, 0.05) is 30.6 Å². The highest BCUT2D eigenvalue weighted by molar-refractivity contribution is 5.98. The summed E-state index contributed by atoms with van der Waals surface area (Å²) in [5, 5.41) is 11.1. The van der Waals surface area contributed by atoms with Crippen LogP contribution < -0.4 is 0 Å². The summed E-state index contributed by atoms with van der Waals surface area (Å²) in [6, 6.07) is 20.4. The molecule has 1 fully saturated rings. The molecule has 1 aliphatic heterocycles. The molecule has 1 amide bonds. The van der Waals surface area contributed by atoms with E-state index in [-0.39, 0.29) is 17.9 Å². The molecule has 28 heavy (non-hydrogen) atoms. The van der Waals surface area contributed by atoms with E-state index in [4.69, 9.17) is 0 Å². The third-order valence-electron chi connectivity index (χ3n) is 6.22. The predicted molar refractivity (Wildman–Crippen MR) is 112 cm³/mol. The largest absolute Gasteiger partial charge is 0.396 e. The fraction of sp³-hybridized carbons (Fsp3) is 0.375. The molecule has 0 spiro atoms. The van der Waals surface area contributed by atoms with Crippen LogP contribution in [0, 0.1) is 5.41 Å². The van der Waals surface area contributed by atoms with Gasteiger partial charge in [0.1, 0.15) is 5.69 Å². The van der Waals surface area contributed by atoms with Crippen molar-refractivity contribution in [3.05, 3.63) is 71.9 Å². The van der Waals surface area contributed by atoms with E-state index in [2.05, 4.69) is 29.2 Å². The summed E-state index contributed by atoms with van der Waals surface area (Å²) in [5.41, 5.74) is 2.95. The number of aliphatic hydroxyl groups excluding tert-OH is 1.